The molecule has 0 amide bonds. The molecule has 0 fully saturated rings. The van der Waals surface area contributed by atoms with Crippen molar-refractivity contribution in [2.24, 2.45) is 0 Å². The molecular weight excluding hydrogens is 188 g/mol. The SMILES string of the molecule is CCc1cc(-n2ccc(C)n2)nc(C)n1. The Morgan fingerprint density at radius 3 is 2.67 bits per heavy atom. The average Bonchev–Trinajstić information content (AvgIpc) is 2.64. The second kappa shape index (κ2) is 3.81. The van der Waals surface area contributed by atoms with Crippen LogP contribution in [0.15, 0.2) is 18.3 Å². The second-order valence-electron chi connectivity index (χ2n) is 3.52. The van der Waals surface area contributed by atoms with E-state index < -0.39 is 0 Å². The Morgan fingerprint density at radius 1 is 1.27 bits per heavy atom. The van der Waals surface area contributed by atoms with E-state index in [-0.39, 0.29) is 0 Å². The van der Waals surface area contributed by atoms with Crippen molar-refractivity contribution in [2.75, 3.05) is 0 Å². The van der Waals surface area contributed by atoms with E-state index in [1.165, 1.54) is 0 Å². The smallest absolute Gasteiger partial charge is 0.157 e. The summed E-state index contributed by atoms with van der Waals surface area (Å²) in [7, 11) is 0. The molecule has 0 aliphatic rings. The van der Waals surface area contributed by atoms with Crippen molar-refractivity contribution in [1.29, 1.82) is 0 Å². The molecule has 0 saturated carbocycles. The van der Waals surface area contributed by atoms with Crippen LogP contribution in [-0.4, -0.2) is 19.7 Å². The van der Waals surface area contributed by atoms with Gasteiger partial charge in [0.15, 0.2) is 5.82 Å². The highest BCUT2D eigenvalue weighted by molar-refractivity contribution is 5.24. The predicted octanol–water partition coefficient (Wildman–Crippen LogP) is 1.84. The monoisotopic (exact) mass is 202 g/mol. The number of rotatable bonds is 2. The zero-order chi connectivity index (χ0) is 10.8. The van der Waals surface area contributed by atoms with Crippen LogP contribution in [0.4, 0.5) is 0 Å². The van der Waals surface area contributed by atoms with Crippen LogP contribution < -0.4 is 0 Å². The Labute approximate surface area is 89.0 Å². The summed E-state index contributed by atoms with van der Waals surface area (Å²) in [5, 5.41) is 4.32. The van der Waals surface area contributed by atoms with Crippen LogP contribution in [0.25, 0.3) is 5.82 Å². The molecule has 78 valence electrons. The molecule has 0 bridgehead atoms. The summed E-state index contributed by atoms with van der Waals surface area (Å²) in [6.45, 7) is 5.95. The molecule has 2 rings (SSSR count). The summed E-state index contributed by atoms with van der Waals surface area (Å²) in [4.78, 5) is 8.69. The van der Waals surface area contributed by atoms with E-state index in [1.54, 1.807) is 4.68 Å². The van der Waals surface area contributed by atoms with Crippen LogP contribution in [0.1, 0.15) is 24.1 Å². The standard InChI is InChI=1S/C11H14N4/c1-4-10-7-11(13-9(3)12-10)15-6-5-8(2)14-15/h5-7H,4H2,1-3H3. The molecule has 0 N–H and O–H groups in total. The third-order valence-electron chi connectivity index (χ3n) is 2.20. The summed E-state index contributed by atoms with van der Waals surface area (Å²) in [6.07, 6.45) is 2.83. The zero-order valence-electron chi connectivity index (χ0n) is 9.23. The molecule has 0 aliphatic heterocycles. The Bertz CT molecular complexity index is 473. The molecule has 0 unspecified atom stereocenters. The molecule has 2 heterocycles. The van der Waals surface area contributed by atoms with Gasteiger partial charge in [0.05, 0.1) is 5.69 Å². The maximum absolute atomic E-state index is 4.35. The molecule has 0 radical (unpaired) electrons. The van der Waals surface area contributed by atoms with E-state index in [0.717, 1.165) is 29.5 Å². The zero-order valence-corrected chi connectivity index (χ0v) is 9.23. The van der Waals surface area contributed by atoms with Crippen LogP contribution >= 0.6 is 0 Å². The van der Waals surface area contributed by atoms with Crippen molar-refractivity contribution in [3.63, 3.8) is 0 Å². The predicted molar refractivity (Wildman–Crippen MR) is 58.0 cm³/mol. The van der Waals surface area contributed by atoms with Gasteiger partial charge in [-0.2, -0.15) is 5.10 Å². The van der Waals surface area contributed by atoms with E-state index in [9.17, 15) is 0 Å². The van der Waals surface area contributed by atoms with Gasteiger partial charge in [0.2, 0.25) is 0 Å². The first-order chi connectivity index (χ1) is 7.19. The molecule has 0 spiro atoms. The lowest BCUT2D eigenvalue weighted by molar-refractivity contribution is 0.804. The van der Waals surface area contributed by atoms with Crippen molar-refractivity contribution in [2.45, 2.75) is 27.2 Å². The third kappa shape index (κ3) is 2.03. The van der Waals surface area contributed by atoms with Gasteiger partial charge in [-0.1, -0.05) is 6.92 Å². The number of nitrogens with zero attached hydrogens (tertiary/aromatic N) is 4. The molecule has 0 aromatic carbocycles. The minimum Gasteiger partial charge on any atom is -0.238 e. The Kier molecular flexibility index (Phi) is 2.49. The minimum atomic E-state index is 0.789. The van der Waals surface area contributed by atoms with Crippen molar-refractivity contribution in [3.8, 4) is 5.82 Å². The lowest BCUT2D eigenvalue weighted by Crippen LogP contribution is -2.03. The van der Waals surface area contributed by atoms with Crippen molar-refractivity contribution < 1.29 is 0 Å². The average molecular weight is 202 g/mol. The first-order valence-corrected chi connectivity index (χ1v) is 5.06. The van der Waals surface area contributed by atoms with Crippen LogP contribution in [-0.2, 0) is 6.42 Å². The van der Waals surface area contributed by atoms with Gasteiger partial charge in [-0.3, -0.25) is 0 Å². The van der Waals surface area contributed by atoms with E-state index in [4.69, 9.17) is 0 Å². The van der Waals surface area contributed by atoms with Crippen LogP contribution in [0, 0.1) is 13.8 Å². The van der Waals surface area contributed by atoms with Gasteiger partial charge in [-0.15, -0.1) is 0 Å². The molecule has 4 nitrogen and oxygen atoms in total. The third-order valence-corrected chi connectivity index (χ3v) is 2.20. The topological polar surface area (TPSA) is 43.6 Å². The fourth-order valence-electron chi connectivity index (χ4n) is 1.45. The lowest BCUT2D eigenvalue weighted by atomic mass is 10.3. The van der Waals surface area contributed by atoms with Gasteiger partial charge in [-0.25, -0.2) is 14.6 Å². The van der Waals surface area contributed by atoms with Crippen molar-refractivity contribution in [1.82, 2.24) is 19.7 Å². The van der Waals surface area contributed by atoms with Crippen molar-refractivity contribution >= 4 is 0 Å². The molecular formula is C11H14N4. The maximum Gasteiger partial charge on any atom is 0.157 e. The highest BCUT2D eigenvalue weighted by atomic mass is 15.3. The summed E-state index contributed by atoms with van der Waals surface area (Å²) in [5.41, 5.74) is 2.04. The van der Waals surface area contributed by atoms with Crippen LogP contribution in [0.3, 0.4) is 0 Å². The number of hydrogen-bond donors (Lipinski definition) is 0. The summed E-state index contributed by atoms with van der Waals surface area (Å²) in [6, 6.07) is 3.93. The van der Waals surface area contributed by atoms with Gasteiger partial charge >= 0.3 is 0 Å². The van der Waals surface area contributed by atoms with Gasteiger partial charge in [-0.05, 0) is 26.3 Å². The first kappa shape index (κ1) is 9.83. The molecule has 2 aromatic heterocycles. The fourth-order valence-corrected chi connectivity index (χ4v) is 1.45. The molecule has 2 aromatic rings. The molecule has 4 heteroatoms. The summed E-state index contributed by atoms with van der Waals surface area (Å²) in [5.74, 6) is 1.63. The van der Waals surface area contributed by atoms with E-state index in [2.05, 4.69) is 22.0 Å². The highest BCUT2D eigenvalue weighted by Crippen LogP contribution is 2.07. The van der Waals surface area contributed by atoms with Crippen LogP contribution in [0.5, 0.6) is 0 Å². The molecule has 0 atom stereocenters. The number of aryl methyl sites for hydroxylation is 3. The first-order valence-electron chi connectivity index (χ1n) is 5.06. The van der Waals surface area contributed by atoms with E-state index in [0.29, 0.717) is 0 Å². The maximum atomic E-state index is 4.35. The highest BCUT2D eigenvalue weighted by Gasteiger charge is 2.03. The molecule has 0 saturated heterocycles. The van der Waals surface area contributed by atoms with E-state index in [1.807, 2.05) is 32.2 Å². The number of hydrogen-bond acceptors (Lipinski definition) is 3. The van der Waals surface area contributed by atoms with Gasteiger partial charge < -0.3 is 0 Å². The van der Waals surface area contributed by atoms with Crippen LogP contribution in [0.2, 0.25) is 0 Å². The quantitative estimate of drug-likeness (QED) is 0.746. The fraction of sp³-hybridized carbons (Fsp3) is 0.364. The lowest BCUT2D eigenvalue weighted by Gasteiger charge is -2.04. The largest absolute Gasteiger partial charge is 0.238 e. The Morgan fingerprint density at radius 2 is 2.07 bits per heavy atom. The molecule has 0 aliphatic carbocycles. The normalized spacial score (nSPS) is 10.6. The van der Waals surface area contributed by atoms with Gasteiger partial charge in [0, 0.05) is 18.0 Å². The summed E-state index contributed by atoms with van der Waals surface area (Å²) >= 11 is 0. The van der Waals surface area contributed by atoms with Gasteiger partial charge in [0.25, 0.3) is 0 Å². The van der Waals surface area contributed by atoms with Gasteiger partial charge in [0.1, 0.15) is 5.82 Å². The summed E-state index contributed by atoms with van der Waals surface area (Å²) < 4.78 is 1.78. The number of aromatic nitrogens is 4. The second-order valence-corrected chi connectivity index (χ2v) is 3.52. The molecule has 15 heavy (non-hydrogen) atoms. The van der Waals surface area contributed by atoms with E-state index >= 15 is 0 Å². The Hall–Kier alpha value is -1.71. The Balaban J connectivity index is 2.48. The minimum absolute atomic E-state index is 0.789. The van der Waals surface area contributed by atoms with Crippen molar-refractivity contribution in [3.05, 3.63) is 35.5 Å².